The molecule has 1 fully saturated rings. The van der Waals surface area contributed by atoms with Gasteiger partial charge in [0, 0.05) is 18.7 Å². The maximum Gasteiger partial charge on any atom is 0.338 e. The molecule has 0 saturated heterocycles. The molecule has 7 nitrogen and oxygen atoms in total. The Morgan fingerprint density at radius 3 is 2.58 bits per heavy atom. The van der Waals surface area contributed by atoms with Crippen molar-refractivity contribution in [2.75, 3.05) is 5.32 Å². The Labute approximate surface area is 151 Å². The lowest BCUT2D eigenvalue weighted by atomic mass is 10.1. The quantitative estimate of drug-likeness (QED) is 0.853. The average molecular weight is 354 g/mol. The summed E-state index contributed by atoms with van der Waals surface area (Å²) >= 11 is 0. The topological polar surface area (TPSA) is 86.1 Å². The van der Waals surface area contributed by atoms with Gasteiger partial charge in [-0.2, -0.15) is 0 Å². The number of hydrogen-bond acceptors (Lipinski definition) is 5. The summed E-state index contributed by atoms with van der Waals surface area (Å²) in [5, 5.41) is 10.9. The Balaban J connectivity index is 1.40. The van der Waals surface area contributed by atoms with Crippen LogP contribution >= 0.6 is 0 Å². The lowest BCUT2D eigenvalue weighted by molar-refractivity contribution is 0.0318. The van der Waals surface area contributed by atoms with E-state index in [9.17, 15) is 9.59 Å². The number of amides is 1. The Morgan fingerprint density at radius 2 is 1.81 bits per heavy atom. The minimum Gasteiger partial charge on any atom is -0.459 e. The second kappa shape index (κ2) is 7.27. The summed E-state index contributed by atoms with van der Waals surface area (Å²) in [6.45, 7) is 0.775. The zero-order valence-corrected chi connectivity index (χ0v) is 14.6. The maximum absolute atomic E-state index is 12.5. The van der Waals surface area contributed by atoms with E-state index in [0.29, 0.717) is 17.1 Å². The van der Waals surface area contributed by atoms with Crippen LogP contribution in [0.2, 0.25) is 0 Å². The van der Waals surface area contributed by atoms with Gasteiger partial charge in [0.15, 0.2) is 0 Å². The molecular formula is C19H22N4O3. The highest BCUT2D eigenvalue weighted by Gasteiger charge is 2.22. The number of anilines is 1. The van der Waals surface area contributed by atoms with E-state index in [1.54, 1.807) is 24.3 Å². The van der Waals surface area contributed by atoms with Gasteiger partial charge in [-0.1, -0.05) is 0 Å². The molecule has 2 aromatic rings. The predicted molar refractivity (Wildman–Crippen MR) is 95.0 cm³/mol. The molecule has 0 bridgehead atoms. The molecule has 2 heterocycles. The molecule has 4 rings (SSSR count). The van der Waals surface area contributed by atoms with Crippen molar-refractivity contribution in [3.05, 3.63) is 41.5 Å². The van der Waals surface area contributed by atoms with Crippen LogP contribution < -0.4 is 5.32 Å². The van der Waals surface area contributed by atoms with Gasteiger partial charge in [0.1, 0.15) is 11.9 Å². The van der Waals surface area contributed by atoms with Crippen molar-refractivity contribution in [1.29, 1.82) is 0 Å². The highest BCUT2D eigenvalue weighted by atomic mass is 16.5. The number of carbonyl (C=O) groups is 2. The van der Waals surface area contributed by atoms with Crippen molar-refractivity contribution >= 4 is 17.6 Å². The predicted octanol–water partition coefficient (Wildman–Crippen LogP) is 2.97. The van der Waals surface area contributed by atoms with Gasteiger partial charge in [-0.3, -0.25) is 4.79 Å². The zero-order chi connectivity index (χ0) is 17.9. The van der Waals surface area contributed by atoms with Gasteiger partial charge in [0.2, 0.25) is 5.82 Å². The number of esters is 1. The summed E-state index contributed by atoms with van der Waals surface area (Å²) in [4.78, 5) is 24.6. The molecule has 0 unspecified atom stereocenters. The molecule has 1 aromatic heterocycles. The third-order valence-corrected chi connectivity index (χ3v) is 5.02. The van der Waals surface area contributed by atoms with E-state index in [-0.39, 0.29) is 18.0 Å². The van der Waals surface area contributed by atoms with Gasteiger partial charge in [0.25, 0.3) is 5.91 Å². The van der Waals surface area contributed by atoms with Crippen LogP contribution in [-0.2, 0) is 17.7 Å². The minimum absolute atomic E-state index is 0.0426. The fourth-order valence-electron chi connectivity index (χ4n) is 3.58. The van der Waals surface area contributed by atoms with Crippen molar-refractivity contribution in [3.63, 3.8) is 0 Å². The summed E-state index contributed by atoms with van der Waals surface area (Å²) in [5.41, 5.74) is 1.11. The van der Waals surface area contributed by atoms with Gasteiger partial charge in [-0.25, -0.2) is 4.79 Å². The normalized spacial score (nSPS) is 16.9. The van der Waals surface area contributed by atoms with Crippen LogP contribution in [0, 0.1) is 0 Å². The third kappa shape index (κ3) is 3.47. The third-order valence-electron chi connectivity index (χ3n) is 5.02. The number of ether oxygens (including phenoxy) is 1. The van der Waals surface area contributed by atoms with Crippen LogP contribution in [0.4, 0.5) is 5.69 Å². The summed E-state index contributed by atoms with van der Waals surface area (Å²) in [6, 6.07) is 6.76. The number of hydrogen-bond donors (Lipinski definition) is 1. The number of nitrogens with zero attached hydrogens (tertiary/aromatic N) is 3. The number of aryl methyl sites for hydroxylation is 1. The Morgan fingerprint density at radius 1 is 1.04 bits per heavy atom. The molecule has 7 heteroatoms. The van der Waals surface area contributed by atoms with Crippen LogP contribution in [-0.4, -0.2) is 32.7 Å². The molecule has 1 amide bonds. The number of fused-ring (bicyclic) bond motifs is 1. The molecule has 1 aliphatic carbocycles. The molecule has 136 valence electrons. The number of rotatable bonds is 4. The second-order valence-electron chi connectivity index (χ2n) is 6.89. The van der Waals surface area contributed by atoms with Crippen molar-refractivity contribution < 1.29 is 14.3 Å². The molecule has 0 radical (unpaired) electrons. The van der Waals surface area contributed by atoms with Crippen molar-refractivity contribution in [2.45, 2.75) is 57.6 Å². The van der Waals surface area contributed by atoms with E-state index < -0.39 is 0 Å². The second-order valence-corrected chi connectivity index (χ2v) is 6.89. The van der Waals surface area contributed by atoms with Gasteiger partial charge in [-0.05, 0) is 62.8 Å². The van der Waals surface area contributed by atoms with Gasteiger partial charge < -0.3 is 14.6 Å². The molecule has 26 heavy (non-hydrogen) atoms. The first-order chi connectivity index (χ1) is 12.7. The molecule has 1 aliphatic heterocycles. The van der Waals surface area contributed by atoms with Crippen LogP contribution in [0.5, 0.6) is 0 Å². The first kappa shape index (κ1) is 16.8. The summed E-state index contributed by atoms with van der Waals surface area (Å²) in [7, 11) is 0. The highest BCUT2D eigenvalue weighted by molar-refractivity contribution is 6.02. The summed E-state index contributed by atoms with van der Waals surface area (Å²) < 4.78 is 7.37. The fraction of sp³-hybridized carbons (Fsp3) is 0.474. The van der Waals surface area contributed by atoms with Crippen LogP contribution in [0.3, 0.4) is 0 Å². The lowest BCUT2D eigenvalue weighted by Gasteiger charge is -2.14. The Kier molecular flexibility index (Phi) is 4.69. The Hall–Kier alpha value is -2.70. The average Bonchev–Trinajstić information content (AvgIpc) is 3.31. The number of aromatic nitrogens is 3. The molecule has 0 spiro atoms. The van der Waals surface area contributed by atoms with E-state index in [1.165, 1.54) is 0 Å². The van der Waals surface area contributed by atoms with Crippen molar-refractivity contribution in [3.8, 4) is 0 Å². The minimum atomic E-state index is -0.304. The van der Waals surface area contributed by atoms with Gasteiger partial charge in [0.05, 0.1) is 5.56 Å². The largest absolute Gasteiger partial charge is 0.459 e. The van der Waals surface area contributed by atoms with Crippen molar-refractivity contribution in [1.82, 2.24) is 14.8 Å². The van der Waals surface area contributed by atoms with Crippen LogP contribution in [0.25, 0.3) is 0 Å². The molecular weight excluding hydrogens is 332 g/mol. The number of benzene rings is 1. The first-order valence-corrected chi connectivity index (χ1v) is 9.25. The van der Waals surface area contributed by atoms with E-state index in [1.807, 2.05) is 4.57 Å². The van der Waals surface area contributed by atoms with E-state index >= 15 is 0 Å². The highest BCUT2D eigenvalue weighted by Crippen LogP contribution is 2.22. The summed E-state index contributed by atoms with van der Waals surface area (Å²) in [6.07, 6.45) is 7.15. The first-order valence-electron chi connectivity index (χ1n) is 9.25. The maximum atomic E-state index is 12.5. The van der Waals surface area contributed by atoms with Gasteiger partial charge in [-0.15, -0.1) is 10.2 Å². The van der Waals surface area contributed by atoms with E-state index in [0.717, 1.165) is 57.3 Å². The molecule has 2 aliphatic rings. The molecule has 0 atom stereocenters. The van der Waals surface area contributed by atoms with Crippen LogP contribution in [0.15, 0.2) is 24.3 Å². The standard InChI is InChI=1S/C19H22N4O3/c24-18(17-22-21-16-7-3-4-12-23(16)17)20-14-10-8-13(9-11-14)19(25)26-15-5-1-2-6-15/h8-11,15H,1-7,12H2,(H,20,24). The SMILES string of the molecule is O=C(OC1CCCC1)c1ccc(NC(=O)c2nnc3n2CCCC3)cc1. The number of carbonyl (C=O) groups excluding carboxylic acids is 2. The summed E-state index contributed by atoms with van der Waals surface area (Å²) in [5.74, 6) is 0.615. The van der Waals surface area contributed by atoms with Crippen molar-refractivity contribution in [2.24, 2.45) is 0 Å². The zero-order valence-electron chi connectivity index (χ0n) is 14.6. The monoisotopic (exact) mass is 354 g/mol. The molecule has 1 aromatic carbocycles. The molecule has 1 N–H and O–H groups in total. The van der Waals surface area contributed by atoms with Gasteiger partial charge >= 0.3 is 5.97 Å². The Bertz CT molecular complexity index is 807. The van der Waals surface area contributed by atoms with E-state index in [2.05, 4.69) is 15.5 Å². The van der Waals surface area contributed by atoms with E-state index in [4.69, 9.17) is 4.74 Å². The number of nitrogens with one attached hydrogen (secondary N) is 1. The molecule has 1 saturated carbocycles. The lowest BCUT2D eigenvalue weighted by Crippen LogP contribution is -2.21. The smallest absolute Gasteiger partial charge is 0.338 e. The fourth-order valence-corrected chi connectivity index (χ4v) is 3.58. The van der Waals surface area contributed by atoms with Crippen LogP contribution in [0.1, 0.15) is 65.3 Å².